The molecule has 2 aromatic carbocycles. The molecule has 0 saturated heterocycles. The Kier molecular flexibility index (Phi) is 4.75. The number of urea groups is 2. The van der Waals surface area contributed by atoms with E-state index in [-0.39, 0.29) is 6.03 Å². The molecule has 0 unspecified atom stereocenters. The number of amides is 4. The molecule has 3 rings (SSSR count). The summed E-state index contributed by atoms with van der Waals surface area (Å²) in [4.78, 5) is 27.2. The van der Waals surface area contributed by atoms with E-state index in [0.717, 1.165) is 16.3 Å². The van der Waals surface area contributed by atoms with Gasteiger partial charge in [-0.25, -0.2) is 9.59 Å². The highest BCUT2D eigenvalue weighted by molar-refractivity contribution is 6.08. The van der Waals surface area contributed by atoms with Crippen molar-refractivity contribution in [1.29, 1.82) is 0 Å². The number of primary amides is 1. The Morgan fingerprint density at radius 2 is 1.48 bits per heavy atom. The van der Waals surface area contributed by atoms with Crippen LogP contribution >= 0.6 is 0 Å². The summed E-state index contributed by atoms with van der Waals surface area (Å²) < 4.78 is 0. The highest BCUT2D eigenvalue weighted by Crippen LogP contribution is 2.29. The number of hydrogen-bond donors (Lipinski definition) is 4. The van der Waals surface area contributed by atoms with Gasteiger partial charge in [0.25, 0.3) is 0 Å². The van der Waals surface area contributed by atoms with Crippen molar-refractivity contribution in [3.8, 4) is 0 Å². The number of nitrogens with two attached hydrogens (primary N) is 1. The molecule has 0 bridgehead atoms. The van der Waals surface area contributed by atoms with Gasteiger partial charge in [0.05, 0.1) is 11.4 Å². The van der Waals surface area contributed by atoms with Gasteiger partial charge in [-0.2, -0.15) is 0 Å². The SMILES string of the molecule is NC(=O)Nc1ccc(NC(=O)NCc2ccncc2)c2ccccc12. The Morgan fingerprint density at radius 3 is 2.08 bits per heavy atom. The van der Waals surface area contributed by atoms with Crippen LogP contribution in [0.3, 0.4) is 0 Å². The molecule has 1 aromatic heterocycles. The molecule has 0 spiro atoms. The first-order valence-corrected chi connectivity index (χ1v) is 7.65. The summed E-state index contributed by atoms with van der Waals surface area (Å²) in [5.41, 5.74) is 7.38. The van der Waals surface area contributed by atoms with Gasteiger partial charge in [-0.15, -0.1) is 0 Å². The van der Waals surface area contributed by atoms with E-state index in [1.165, 1.54) is 0 Å². The molecule has 7 heteroatoms. The lowest BCUT2D eigenvalue weighted by Crippen LogP contribution is -2.28. The number of carbonyl (C=O) groups is 2. The van der Waals surface area contributed by atoms with Crippen LogP contribution in [0.15, 0.2) is 60.9 Å². The van der Waals surface area contributed by atoms with Gasteiger partial charge in [0, 0.05) is 29.7 Å². The van der Waals surface area contributed by atoms with Crippen molar-refractivity contribution in [2.24, 2.45) is 5.73 Å². The smallest absolute Gasteiger partial charge is 0.319 e. The van der Waals surface area contributed by atoms with Crippen LogP contribution in [0.25, 0.3) is 10.8 Å². The third kappa shape index (κ3) is 4.03. The lowest BCUT2D eigenvalue weighted by atomic mass is 10.1. The Labute approximate surface area is 144 Å². The summed E-state index contributed by atoms with van der Waals surface area (Å²) >= 11 is 0. The number of pyridine rings is 1. The first-order chi connectivity index (χ1) is 12.1. The van der Waals surface area contributed by atoms with Crippen molar-refractivity contribution in [2.45, 2.75) is 6.54 Å². The molecule has 25 heavy (non-hydrogen) atoms. The normalized spacial score (nSPS) is 10.2. The zero-order valence-corrected chi connectivity index (χ0v) is 13.3. The van der Waals surface area contributed by atoms with Gasteiger partial charge in [-0.1, -0.05) is 24.3 Å². The molecule has 0 aliphatic heterocycles. The summed E-state index contributed by atoms with van der Waals surface area (Å²) in [6.45, 7) is 0.396. The maximum atomic E-state index is 12.2. The number of hydrogen-bond acceptors (Lipinski definition) is 3. The molecule has 0 aliphatic rings. The van der Waals surface area contributed by atoms with Crippen molar-refractivity contribution in [1.82, 2.24) is 10.3 Å². The standard InChI is InChI=1S/C18H17N5O2/c19-17(24)22-15-5-6-16(14-4-2-1-3-13(14)15)23-18(25)21-11-12-7-9-20-10-8-12/h1-10H,11H2,(H3,19,22,24)(H2,21,23,25). The summed E-state index contributed by atoms with van der Waals surface area (Å²) in [5.74, 6) is 0. The minimum atomic E-state index is -0.638. The highest BCUT2D eigenvalue weighted by atomic mass is 16.2. The van der Waals surface area contributed by atoms with E-state index in [9.17, 15) is 9.59 Å². The van der Waals surface area contributed by atoms with Crippen LogP contribution in [0, 0.1) is 0 Å². The molecule has 7 nitrogen and oxygen atoms in total. The molecule has 0 saturated carbocycles. The molecular weight excluding hydrogens is 318 g/mol. The lowest BCUT2D eigenvalue weighted by Gasteiger charge is -2.13. The lowest BCUT2D eigenvalue weighted by molar-refractivity contribution is 0.251. The van der Waals surface area contributed by atoms with E-state index >= 15 is 0 Å². The van der Waals surface area contributed by atoms with Crippen molar-refractivity contribution >= 4 is 34.2 Å². The fourth-order valence-electron chi connectivity index (χ4n) is 2.50. The Balaban J connectivity index is 1.77. The first-order valence-electron chi connectivity index (χ1n) is 7.65. The second kappa shape index (κ2) is 7.31. The van der Waals surface area contributed by atoms with Gasteiger partial charge in [0.2, 0.25) is 0 Å². The Bertz CT molecular complexity index is 912. The third-order valence-corrected chi connectivity index (χ3v) is 3.63. The number of rotatable bonds is 4. The monoisotopic (exact) mass is 335 g/mol. The fraction of sp³-hybridized carbons (Fsp3) is 0.0556. The van der Waals surface area contributed by atoms with E-state index in [1.807, 2.05) is 36.4 Å². The van der Waals surface area contributed by atoms with Crippen LogP contribution in [-0.2, 0) is 6.54 Å². The van der Waals surface area contributed by atoms with Gasteiger partial charge in [-0.3, -0.25) is 4.98 Å². The number of fused-ring (bicyclic) bond motifs is 1. The van der Waals surface area contributed by atoms with E-state index < -0.39 is 6.03 Å². The van der Waals surface area contributed by atoms with Crippen LogP contribution in [0.1, 0.15) is 5.56 Å². The molecule has 126 valence electrons. The van der Waals surface area contributed by atoms with Gasteiger partial charge >= 0.3 is 12.1 Å². The predicted octanol–water partition coefficient (Wildman–Crippen LogP) is 3.05. The van der Waals surface area contributed by atoms with E-state index in [2.05, 4.69) is 20.9 Å². The largest absolute Gasteiger partial charge is 0.351 e. The molecular formula is C18H17N5O2. The molecule has 4 amide bonds. The Morgan fingerprint density at radius 1 is 0.880 bits per heavy atom. The second-order valence-electron chi connectivity index (χ2n) is 5.36. The number of nitrogens with one attached hydrogen (secondary N) is 3. The molecule has 0 radical (unpaired) electrons. The van der Waals surface area contributed by atoms with Gasteiger partial charge in [-0.05, 0) is 29.8 Å². The zero-order valence-electron chi connectivity index (χ0n) is 13.3. The summed E-state index contributed by atoms with van der Waals surface area (Å²) in [6, 6.07) is 13.5. The van der Waals surface area contributed by atoms with Crippen molar-refractivity contribution < 1.29 is 9.59 Å². The summed E-state index contributed by atoms with van der Waals surface area (Å²) in [7, 11) is 0. The van der Waals surface area contributed by atoms with Crippen LogP contribution in [-0.4, -0.2) is 17.0 Å². The van der Waals surface area contributed by atoms with E-state index in [4.69, 9.17) is 5.73 Å². The molecule has 5 N–H and O–H groups in total. The minimum Gasteiger partial charge on any atom is -0.351 e. The predicted molar refractivity (Wildman–Crippen MR) is 97.2 cm³/mol. The summed E-state index contributed by atoms with van der Waals surface area (Å²) in [6.07, 6.45) is 3.35. The van der Waals surface area contributed by atoms with E-state index in [0.29, 0.717) is 17.9 Å². The average molecular weight is 335 g/mol. The number of aromatic nitrogens is 1. The van der Waals surface area contributed by atoms with Gasteiger partial charge in [0.1, 0.15) is 0 Å². The molecule has 3 aromatic rings. The fourth-order valence-corrected chi connectivity index (χ4v) is 2.50. The maximum absolute atomic E-state index is 12.2. The first kappa shape index (κ1) is 16.3. The van der Waals surface area contributed by atoms with Crippen LogP contribution in [0.4, 0.5) is 21.0 Å². The van der Waals surface area contributed by atoms with Gasteiger partial charge in [0.15, 0.2) is 0 Å². The van der Waals surface area contributed by atoms with Crippen molar-refractivity contribution in [3.05, 3.63) is 66.5 Å². The van der Waals surface area contributed by atoms with Gasteiger partial charge < -0.3 is 21.7 Å². The van der Waals surface area contributed by atoms with Crippen LogP contribution in [0.2, 0.25) is 0 Å². The second-order valence-corrected chi connectivity index (χ2v) is 5.36. The maximum Gasteiger partial charge on any atom is 0.319 e. The molecule has 1 heterocycles. The van der Waals surface area contributed by atoms with E-state index in [1.54, 1.807) is 24.5 Å². The number of anilines is 2. The Hall–Kier alpha value is -3.61. The summed E-state index contributed by atoms with van der Waals surface area (Å²) in [5, 5.41) is 9.78. The van der Waals surface area contributed by atoms with Crippen molar-refractivity contribution in [3.63, 3.8) is 0 Å². The van der Waals surface area contributed by atoms with Crippen LogP contribution in [0.5, 0.6) is 0 Å². The number of benzene rings is 2. The third-order valence-electron chi connectivity index (χ3n) is 3.63. The molecule has 0 atom stereocenters. The zero-order chi connectivity index (χ0) is 17.6. The minimum absolute atomic E-state index is 0.322. The average Bonchev–Trinajstić information content (AvgIpc) is 2.62. The molecule has 0 fully saturated rings. The quantitative estimate of drug-likeness (QED) is 0.588. The number of carbonyl (C=O) groups excluding carboxylic acids is 2. The molecule has 0 aliphatic carbocycles. The topological polar surface area (TPSA) is 109 Å². The van der Waals surface area contributed by atoms with Crippen LogP contribution < -0.4 is 21.7 Å². The highest BCUT2D eigenvalue weighted by Gasteiger charge is 2.09. The number of nitrogens with zero attached hydrogens (tertiary/aromatic N) is 1. The van der Waals surface area contributed by atoms with Crippen molar-refractivity contribution in [2.75, 3.05) is 10.6 Å².